The first kappa shape index (κ1) is 21.6. The molecule has 2 N–H and O–H groups in total. The zero-order valence-electron chi connectivity index (χ0n) is 19.5. The van der Waals surface area contributed by atoms with Crippen LogP contribution in [0.2, 0.25) is 0 Å². The van der Waals surface area contributed by atoms with Gasteiger partial charge >= 0.3 is 0 Å². The molecule has 7 heteroatoms. The Morgan fingerprint density at radius 2 is 1.74 bits per heavy atom. The van der Waals surface area contributed by atoms with Gasteiger partial charge in [-0.1, -0.05) is 18.2 Å². The van der Waals surface area contributed by atoms with E-state index in [4.69, 9.17) is 9.47 Å². The van der Waals surface area contributed by atoms with Crippen LogP contribution in [0.15, 0.2) is 72.9 Å². The lowest BCUT2D eigenvalue weighted by Crippen LogP contribution is -2.06. The predicted octanol–water partition coefficient (Wildman–Crippen LogP) is 5.98. The number of hydrogen-bond acceptors (Lipinski definition) is 6. The summed E-state index contributed by atoms with van der Waals surface area (Å²) in [5, 5.41) is 9.18. The van der Waals surface area contributed by atoms with Gasteiger partial charge in [-0.25, -0.2) is 4.98 Å². The third-order valence-corrected chi connectivity index (χ3v) is 5.95. The summed E-state index contributed by atoms with van der Waals surface area (Å²) in [4.78, 5) is 8.99. The number of methoxy groups -OCH3 is 2. The molecular weight excluding hydrogens is 426 g/mol. The number of ether oxygens (including phenoxy) is 2. The number of benzene rings is 3. The van der Waals surface area contributed by atoms with Crippen molar-refractivity contribution in [1.29, 1.82) is 0 Å². The van der Waals surface area contributed by atoms with Gasteiger partial charge in [-0.05, 0) is 49.4 Å². The fourth-order valence-electron chi connectivity index (χ4n) is 4.31. The van der Waals surface area contributed by atoms with Gasteiger partial charge in [0.15, 0.2) is 0 Å². The molecule has 3 aromatic carbocycles. The van der Waals surface area contributed by atoms with Gasteiger partial charge in [0.25, 0.3) is 0 Å². The van der Waals surface area contributed by atoms with Gasteiger partial charge in [0.2, 0.25) is 5.95 Å². The quantitative estimate of drug-likeness (QED) is 0.301. The molecule has 2 aromatic heterocycles. The largest absolute Gasteiger partial charge is 0.497 e. The Morgan fingerprint density at radius 3 is 2.56 bits per heavy atom. The maximum atomic E-state index is 5.48. The van der Waals surface area contributed by atoms with Crippen molar-refractivity contribution < 1.29 is 9.47 Å². The Balaban J connectivity index is 1.37. The van der Waals surface area contributed by atoms with Crippen molar-refractivity contribution in [2.24, 2.45) is 0 Å². The van der Waals surface area contributed by atoms with Crippen LogP contribution in [-0.2, 0) is 13.1 Å². The molecule has 0 atom stereocenters. The topological polar surface area (TPSA) is 73.2 Å². The smallest absolute Gasteiger partial charge is 0.224 e. The molecule has 0 saturated carbocycles. The lowest BCUT2D eigenvalue weighted by molar-refractivity contribution is 0.391. The molecule has 0 aliphatic carbocycles. The summed E-state index contributed by atoms with van der Waals surface area (Å²) in [5.41, 5.74) is 4.45. The van der Waals surface area contributed by atoms with Crippen LogP contribution in [0.25, 0.3) is 21.8 Å². The highest BCUT2D eigenvalue weighted by Crippen LogP contribution is 2.32. The van der Waals surface area contributed by atoms with Gasteiger partial charge in [-0.3, -0.25) is 0 Å². The van der Waals surface area contributed by atoms with Crippen molar-refractivity contribution in [2.75, 3.05) is 24.9 Å². The molecule has 34 heavy (non-hydrogen) atoms. The zero-order valence-corrected chi connectivity index (χ0v) is 19.5. The van der Waals surface area contributed by atoms with Gasteiger partial charge in [0.1, 0.15) is 17.3 Å². The van der Waals surface area contributed by atoms with Gasteiger partial charge in [0, 0.05) is 58.4 Å². The molecule has 2 heterocycles. The number of para-hydroxylation sites is 1. The highest BCUT2D eigenvalue weighted by molar-refractivity contribution is 6.09. The van der Waals surface area contributed by atoms with E-state index < -0.39 is 0 Å². The van der Waals surface area contributed by atoms with Crippen LogP contribution in [0.1, 0.15) is 12.5 Å². The van der Waals surface area contributed by atoms with Crippen molar-refractivity contribution >= 4 is 39.3 Å². The number of aryl methyl sites for hydroxylation is 1. The van der Waals surface area contributed by atoms with Crippen molar-refractivity contribution in [3.63, 3.8) is 0 Å². The van der Waals surface area contributed by atoms with E-state index in [0.717, 1.165) is 35.1 Å². The normalized spacial score (nSPS) is 11.0. The van der Waals surface area contributed by atoms with Crippen LogP contribution < -0.4 is 20.1 Å². The fraction of sp³-hybridized carbons (Fsp3) is 0.185. The Kier molecular flexibility index (Phi) is 5.91. The molecule has 0 radical (unpaired) electrons. The Bertz CT molecular complexity index is 1460. The van der Waals surface area contributed by atoms with Gasteiger partial charge in [-0.2, -0.15) is 4.98 Å². The molecule has 0 amide bonds. The first-order valence-electron chi connectivity index (χ1n) is 11.3. The third-order valence-electron chi connectivity index (χ3n) is 5.95. The second kappa shape index (κ2) is 9.31. The van der Waals surface area contributed by atoms with Crippen LogP contribution in [0.3, 0.4) is 0 Å². The number of fused-ring (bicyclic) bond motifs is 3. The molecule has 0 aliphatic heterocycles. The monoisotopic (exact) mass is 453 g/mol. The number of nitrogens with one attached hydrogen (secondary N) is 2. The van der Waals surface area contributed by atoms with E-state index in [1.54, 1.807) is 20.4 Å². The molecule has 0 fully saturated rings. The number of nitrogens with zero attached hydrogens (tertiary/aromatic N) is 3. The fourth-order valence-corrected chi connectivity index (χ4v) is 4.31. The van der Waals surface area contributed by atoms with Gasteiger partial charge in [0.05, 0.1) is 14.2 Å². The van der Waals surface area contributed by atoms with E-state index >= 15 is 0 Å². The molecule has 0 bridgehead atoms. The van der Waals surface area contributed by atoms with Crippen LogP contribution in [0, 0.1) is 0 Å². The Morgan fingerprint density at radius 1 is 0.882 bits per heavy atom. The summed E-state index contributed by atoms with van der Waals surface area (Å²) < 4.78 is 13.1. The summed E-state index contributed by atoms with van der Waals surface area (Å²) in [6, 6.07) is 22.5. The summed E-state index contributed by atoms with van der Waals surface area (Å²) in [6.45, 7) is 3.63. The average molecular weight is 454 g/mol. The predicted molar refractivity (Wildman–Crippen MR) is 137 cm³/mol. The van der Waals surface area contributed by atoms with E-state index in [1.807, 2.05) is 24.3 Å². The minimum atomic E-state index is 0.527. The molecular formula is C27H27N5O2. The molecule has 5 rings (SSSR count). The molecule has 0 aliphatic rings. The average Bonchev–Trinajstić information content (AvgIpc) is 3.20. The first-order valence-corrected chi connectivity index (χ1v) is 11.3. The van der Waals surface area contributed by atoms with E-state index in [9.17, 15) is 0 Å². The third kappa shape index (κ3) is 4.08. The van der Waals surface area contributed by atoms with Crippen LogP contribution >= 0.6 is 0 Å². The van der Waals surface area contributed by atoms with Crippen LogP contribution in [0.5, 0.6) is 11.5 Å². The van der Waals surface area contributed by atoms with Crippen molar-refractivity contribution in [3.05, 3.63) is 78.5 Å². The zero-order chi connectivity index (χ0) is 23.5. The number of rotatable bonds is 8. The number of hydrogen-bond donors (Lipinski definition) is 2. The molecule has 0 saturated heterocycles. The Hall–Kier alpha value is -4.26. The minimum Gasteiger partial charge on any atom is -0.497 e. The maximum Gasteiger partial charge on any atom is 0.224 e. The molecule has 5 aromatic rings. The SMILES string of the molecule is CCn1c2ccccc2c2cc(Nc3ccnc(NCc4ccc(OC)cc4OC)n3)ccc21. The maximum absolute atomic E-state index is 5.48. The van der Waals surface area contributed by atoms with Crippen LogP contribution in [-0.4, -0.2) is 28.8 Å². The molecule has 0 unspecified atom stereocenters. The second-order valence-electron chi connectivity index (χ2n) is 7.92. The van der Waals surface area contributed by atoms with Crippen molar-refractivity contribution in [3.8, 4) is 11.5 Å². The minimum absolute atomic E-state index is 0.527. The number of anilines is 3. The lowest BCUT2D eigenvalue weighted by Gasteiger charge is -2.12. The van der Waals surface area contributed by atoms with Gasteiger partial charge in [-0.15, -0.1) is 0 Å². The van der Waals surface area contributed by atoms with Gasteiger partial charge < -0.3 is 24.7 Å². The second-order valence-corrected chi connectivity index (χ2v) is 7.92. The standard InChI is InChI=1S/C27H27N5O2/c1-4-32-23-8-6-5-7-21(23)22-15-19(10-12-24(22)32)30-26-13-14-28-27(31-26)29-17-18-9-11-20(33-2)16-25(18)34-3/h5-16H,4,17H2,1-3H3,(H2,28,29,30,31). The highest BCUT2D eigenvalue weighted by atomic mass is 16.5. The lowest BCUT2D eigenvalue weighted by atomic mass is 10.1. The van der Waals surface area contributed by atoms with E-state index in [-0.39, 0.29) is 0 Å². The Labute approximate surface area is 198 Å². The van der Waals surface area contributed by atoms with E-state index in [1.165, 1.54) is 21.8 Å². The van der Waals surface area contributed by atoms with Crippen molar-refractivity contribution in [1.82, 2.24) is 14.5 Å². The summed E-state index contributed by atoms with van der Waals surface area (Å²) in [7, 11) is 3.28. The van der Waals surface area contributed by atoms with Crippen molar-refractivity contribution in [2.45, 2.75) is 20.0 Å². The molecule has 7 nitrogen and oxygen atoms in total. The highest BCUT2D eigenvalue weighted by Gasteiger charge is 2.10. The summed E-state index contributed by atoms with van der Waals surface area (Å²) in [5.74, 6) is 2.76. The summed E-state index contributed by atoms with van der Waals surface area (Å²) in [6.07, 6.45) is 1.74. The van der Waals surface area contributed by atoms with E-state index in [0.29, 0.717) is 12.5 Å². The number of aromatic nitrogens is 3. The summed E-state index contributed by atoms with van der Waals surface area (Å²) >= 11 is 0. The van der Waals surface area contributed by atoms with E-state index in [2.05, 4.69) is 74.6 Å². The molecule has 0 spiro atoms. The van der Waals surface area contributed by atoms with Crippen LogP contribution in [0.4, 0.5) is 17.5 Å². The first-order chi connectivity index (χ1) is 16.7. The molecule has 172 valence electrons.